The van der Waals surface area contributed by atoms with Gasteiger partial charge in [0.2, 0.25) is 5.96 Å². The number of halogens is 4. The van der Waals surface area contributed by atoms with Crippen molar-refractivity contribution in [2.24, 2.45) is 21.0 Å². The lowest BCUT2D eigenvalue weighted by Gasteiger charge is -2.34. The summed E-state index contributed by atoms with van der Waals surface area (Å²) in [5.41, 5.74) is 3.94. The number of likely N-dealkylation sites (N-methyl/N-ethyl adjacent to an activating group) is 1. The third kappa shape index (κ3) is 10.1. The van der Waals surface area contributed by atoms with E-state index < -0.39 is 18.4 Å². The number of hydrogen-bond donors (Lipinski definition) is 2. The van der Waals surface area contributed by atoms with Crippen LogP contribution in [0.15, 0.2) is 63.8 Å². The predicted octanol–water partition coefficient (Wildman–Crippen LogP) is 6.33. The number of benzene rings is 1. The standard InChI is InChI=1S/C28H37F4N7O/c1-7-39(26(18-40-6)19(2)3)21(5)36-27(33-15-9-14-29)38-34-17-24-12-13-25(20(4)35-24)37-23-11-8-10-22(16-23)28(30,31)32/h8-13,15-17,19,26,37H,7,14,18H2,1-6H3,(H,33,38)/b15-9?,34-17+,36-21+. The van der Waals surface area contributed by atoms with Gasteiger partial charge in [0.15, 0.2) is 0 Å². The van der Waals surface area contributed by atoms with E-state index in [1.165, 1.54) is 24.6 Å². The van der Waals surface area contributed by atoms with Crippen molar-refractivity contribution in [3.63, 3.8) is 0 Å². The molecule has 1 aromatic carbocycles. The zero-order chi connectivity index (χ0) is 29.7. The second-order valence-corrected chi connectivity index (χ2v) is 9.15. The maximum absolute atomic E-state index is 13.0. The number of pyridine rings is 1. The summed E-state index contributed by atoms with van der Waals surface area (Å²) in [6.45, 7) is 10.4. The molecule has 40 heavy (non-hydrogen) atoms. The molecule has 0 amide bonds. The molecule has 1 aromatic heterocycles. The Kier molecular flexibility index (Phi) is 12.7. The molecular weight excluding hydrogens is 526 g/mol. The van der Waals surface area contributed by atoms with E-state index in [1.807, 2.05) is 13.8 Å². The number of rotatable bonds is 11. The molecule has 2 aromatic rings. The Morgan fingerprint density at radius 2 is 1.95 bits per heavy atom. The number of aromatic nitrogens is 1. The summed E-state index contributed by atoms with van der Waals surface area (Å²) in [6.07, 6.45) is -0.424. The van der Waals surface area contributed by atoms with Gasteiger partial charge in [-0.15, -0.1) is 0 Å². The highest BCUT2D eigenvalue weighted by molar-refractivity contribution is 5.95. The van der Waals surface area contributed by atoms with Crippen LogP contribution in [0.25, 0.3) is 0 Å². The number of methoxy groups -OCH3 is 1. The number of aliphatic imine (C=N–C) groups is 2. The van der Waals surface area contributed by atoms with Crippen molar-refractivity contribution in [2.75, 3.05) is 32.3 Å². The minimum atomic E-state index is -4.43. The summed E-state index contributed by atoms with van der Waals surface area (Å²) in [4.78, 5) is 15.3. The molecule has 1 unspecified atom stereocenters. The molecule has 0 aliphatic rings. The van der Waals surface area contributed by atoms with Crippen molar-refractivity contribution in [1.82, 2.24) is 15.3 Å². The van der Waals surface area contributed by atoms with E-state index in [2.05, 4.69) is 49.6 Å². The molecule has 0 saturated carbocycles. The van der Waals surface area contributed by atoms with Gasteiger partial charge in [0.05, 0.1) is 41.5 Å². The summed E-state index contributed by atoms with van der Waals surface area (Å²) in [5, 5.41) is 7.14. The topological polar surface area (TPSA) is 86.5 Å². The molecule has 0 aliphatic carbocycles. The fourth-order valence-electron chi connectivity index (χ4n) is 3.85. The molecule has 2 rings (SSSR count). The summed E-state index contributed by atoms with van der Waals surface area (Å²) in [6, 6.07) is 8.41. The summed E-state index contributed by atoms with van der Waals surface area (Å²) in [7, 11) is 1.66. The van der Waals surface area contributed by atoms with E-state index in [1.54, 1.807) is 32.2 Å². The Labute approximate surface area is 233 Å². The number of ether oxygens (including phenoxy) is 1. The zero-order valence-corrected chi connectivity index (χ0v) is 23.6. The minimum absolute atomic E-state index is 0.0973. The van der Waals surface area contributed by atoms with Crippen molar-refractivity contribution in [3.8, 4) is 0 Å². The number of allylic oxidation sites excluding steroid dienone is 1. The number of alkyl halides is 4. The van der Waals surface area contributed by atoms with Crippen LogP contribution < -0.4 is 10.7 Å². The molecule has 8 nitrogen and oxygen atoms in total. The first-order chi connectivity index (χ1) is 19.0. The molecule has 218 valence electrons. The highest BCUT2D eigenvalue weighted by Crippen LogP contribution is 2.31. The maximum Gasteiger partial charge on any atom is 0.416 e. The van der Waals surface area contributed by atoms with Gasteiger partial charge in [-0.05, 0) is 63.1 Å². The van der Waals surface area contributed by atoms with Crippen molar-refractivity contribution >= 4 is 29.4 Å². The number of nitrogens with one attached hydrogen (secondary N) is 2. The van der Waals surface area contributed by atoms with E-state index in [0.29, 0.717) is 47.7 Å². The second-order valence-electron chi connectivity index (χ2n) is 9.15. The van der Waals surface area contributed by atoms with Gasteiger partial charge in [0, 0.05) is 25.5 Å². The number of hydrazone groups is 1. The van der Waals surface area contributed by atoms with Crippen LogP contribution in [0.3, 0.4) is 0 Å². The lowest BCUT2D eigenvalue weighted by Crippen LogP contribution is -2.45. The Hall–Kier alpha value is -3.80. The highest BCUT2D eigenvalue weighted by Gasteiger charge is 2.30. The average Bonchev–Trinajstić information content (AvgIpc) is 2.89. The van der Waals surface area contributed by atoms with Gasteiger partial charge in [0.25, 0.3) is 0 Å². The molecule has 0 fully saturated rings. The first kappa shape index (κ1) is 32.4. The van der Waals surface area contributed by atoms with Crippen LogP contribution in [0, 0.1) is 12.8 Å². The Morgan fingerprint density at radius 3 is 2.55 bits per heavy atom. The van der Waals surface area contributed by atoms with Crippen molar-refractivity contribution in [3.05, 3.63) is 65.6 Å². The number of nitrogens with zero attached hydrogens (tertiary/aromatic N) is 5. The van der Waals surface area contributed by atoms with Gasteiger partial charge in [-0.3, -0.25) is 0 Å². The van der Waals surface area contributed by atoms with E-state index in [-0.39, 0.29) is 12.0 Å². The van der Waals surface area contributed by atoms with Gasteiger partial charge in [-0.25, -0.2) is 19.8 Å². The summed E-state index contributed by atoms with van der Waals surface area (Å²) >= 11 is 0. The van der Waals surface area contributed by atoms with Crippen LogP contribution >= 0.6 is 0 Å². The maximum atomic E-state index is 13.0. The summed E-state index contributed by atoms with van der Waals surface area (Å²) < 4.78 is 57.1. The molecular formula is C28H37F4N7O. The largest absolute Gasteiger partial charge is 0.416 e. The van der Waals surface area contributed by atoms with E-state index >= 15 is 0 Å². The third-order valence-corrected chi connectivity index (χ3v) is 5.86. The SMILES string of the molecule is CCN(/C(C)=N/C(=NC=CCF)N/N=C/c1ccc(Nc2cccc(C(F)(F)F)c2)c(C)n1)C(COC)C(C)C. The Morgan fingerprint density at radius 1 is 1.20 bits per heavy atom. The average molecular weight is 564 g/mol. The normalized spacial score (nSPS) is 13.9. The fourth-order valence-corrected chi connectivity index (χ4v) is 3.85. The lowest BCUT2D eigenvalue weighted by molar-refractivity contribution is -0.137. The zero-order valence-electron chi connectivity index (χ0n) is 23.6. The number of aryl methyl sites for hydroxylation is 1. The van der Waals surface area contributed by atoms with Crippen molar-refractivity contribution < 1.29 is 22.3 Å². The van der Waals surface area contributed by atoms with Gasteiger partial charge >= 0.3 is 6.18 Å². The van der Waals surface area contributed by atoms with Crippen LogP contribution in [0.1, 0.15) is 44.6 Å². The molecule has 1 atom stereocenters. The molecule has 0 radical (unpaired) electrons. The van der Waals surface area contributed by atoms with Crippen LogP contribution in [-0.4, -0.2) is 60.9 Å². The number of anilines is 2. The van der Waals surface area contributed by atoms with E-state index in [0.717, 1.165) is 12.1 Å². The number of hydrogen-bond acceptors (Lipinski definition) is 5. The van der Waals surface area contributed by atoms with E-state index in [9.17, 15) is 17.6 Å². The molecule has 0 spiro atoms. The smallest absolute Gasteiger partial charge is 0.383 e. The molecule has 1 heterocycles. The highest BCUT2D eigenvalue weighted by atomic mass is 19.4. The van der Waals surface area contributed by atoms with Crippen molar-refractivity contribution in [1.29, 1.82) is 0 Å². The molecule has 12 heteroatoms. The van der Waals surface area contributed by atoms with Gasteiger partial charge in [-0.2, -0.15) is 23.3 Å². The molecule has 0 bridgehead atoms. The Bertz CT molecular complexity index is 1210. The first-order valence-corrected chi connectivity index (χ1v) is 12.8. The monoisotopic (exact) mass is 563 g/mol. The number of amidine groups is 1. The van der Waals surface area contributed by atoms with Gasteiger partial charge < -0.3 is 15.0 Å². The van der Waals surface area contributed by atoms with Crippen LogP contribution in [0.4, 0.5) is 28.9 Å². The van der Waals surface area contributed by atoms with Crippen LogP contribution in [0.5, 0.6) is 0 Å². The third-order valence-electron chi connectivity index (χ3n) is 5.86. The molecule has 2 N–H and O–H groups in total. The molecule has 0 aliphatic heterocycles. The summed E-state index contributed by atoms with van der Waals surface area (Å²) in [5.74, 6) is 1.15. The van der Waals surface area contributed by atoms with Crippen LogP contribution in [0.2, 0.25) is 0 Å². The predicted molar refractivity (Wildman–Crippen MR) is 153 cm³/mol. The quantitative estimate of drug-likeness (QED) is 0.145. The number of guanidine groups is 1. The van der Waals surface area contributed by atoms with Crippen LogP contribution in [-0.2, 0) is 10.9 Å². The minimum Gasteiger partial charge on any atom is -0.383 e. The molecule has 0 saturated heterocycles. The fraction of sp³-hybridized carbons (Fsp3) is 0.429. The van der Waals surface area contributed by atoms with Gasteiger partial charge in [0.1, 0.15) is 12.5 Å². The van der Waals surface area contributed by atoms with Gasteiger partial charge in [-0.1, -0.05) is 19.9 Å². The first-order valence-electron chi connectivity index (χ1n) is 12.8. The second kappa shape index (κ2) is 15.7. The van der Waals surface area contributed by atoms with Crippen molar-refractivity contribution in [2.45, 2.75) is 46.8 Å². The lowest BCUT2D eigenvalue weighted by atomic mass is 10.0. The van der Waals surface area contributed by atoms with E-state index in [4.69, 9.17) is 4.74 Å². The Balaban J connectivity index is 2.20.